The van der Waals surface area contributed by atoms with Crippen molar-refractivity contribution in [3.63, 3.8) is 0 Å². The predicted octanol–water partition coefficient (Wildman–Crippen LogP) is 4.04. The van der Waals surface area contributed by atoms with E-state index in [9.17, 15) is 0 Å². The normalized spacial score (nSPS) is 26.0. The lowest BCUT2D eigenvalue weighted by atomic mass is 9.86. The van der Waals surface area contributed by atoms with Gasteiger partial charge in [-0.15, -0.1) is 0 Å². The van der Waals surface area contributed by atoms with E-state index in [1.807, 2.05) is 6.07 Å². The smallest absolute Gasteiger partial charge is 0.231 e. The highest BCUT2D eigenvalue weighted by Gasteiger charge is 2.39. The number of ether oxygens (including phenoxy) is 3. The lowest BCUT2D eigenvalue weighted by Crippen LogP contribution is -2.41. The second kappa shape index (κ2) is 5.99. The Labute approximate surface area is 133 Å². The number of fused-ring (bicyclic) bond motifs is 3. The highest BCUT2D eigenvalue weighted by atomic mass is 16.7. The fourth-order valence-corrected chi connectivity index (χ4v) is 3.12. The van der Waals surface area contributed by atoms with E-state index in [-0.39, 0.29) is 12.4 Å². The van der Waals surface area contributed by atoms with Crippen molar-refractivity contribution in [2.24, 2.45) is 5.92 Å². The van der Waals surface area contributed by atoms with Crippen molar-refractivity contribution < 1.29 is 14.2 Å². The summed E-state index contributed by atoms with van der Waals surface area (Å²) in [6, 6.07) is 4.42. The molecule has 0 saturated heterocycles. The Balaban J connectivity index is 1.88. The minimum Gasteiger partial charge on any atom is -0.483 e. The van der Waals surface area contributed by atoms with Crippen LogP contribution in [0.5, 0.6) is 17.2 Å². The van der Waals surface area contributed by atoms with Crippen LogP contribution in [0.2, 0.25) is 0 Å². The molecule has 0 aromatic heterocycles. The highest BCUT2D eigenvalue weighted by Crippen LogP contribution is 2.51. The van der Waals surface area contributed by atoms with E-state index < -0.39 is 0 Å². The Morgan fingerprint density at radius 1 is 1.27 bits per heavy atom. The second-order valence-corrected chi connectivity index (χ2v) is 7.02. The minimum absolute atomic E-state index is 0.163. The fraction of sp³-hybridized carbons (Fsp3) is 0.667. The molecule has 0 radical (unpaired) electrons. The molecule has 4 heteroatoms. The van der Waals surface area contributed by atoms with Crippen LogP contribution in [0.1, 0.15) is 58.6 Å². The van der Waals surface area contributed by atoms with Crippen LogP contribution in [0, 0.1) is 5.92 Å². The van der Waals surface area contributed by atoms with Crippen molar-refractivity contribution >= 4 is 0 Å². The molecule has 1 N–H and O–H groups in total. The lowest BCUT2D eigenvalue weighted by Gasteiger charge is -2.40. The van der Waals surface area contributed by atoms with Crippen LogP contribution >= 0.6 is 0 Å². The van der Waals surface area contributed by atoms with Gasteiger partial charge in [-0.05, 0) is 44.4 Å². The van der Waals surface area contributed by atoms with E-state index in [0.29, 0.717) is 12.0 Å². The van der Waals surface area contributed by atoms with Crippen molar-refractivity contribution in [2.45, 2.75) is 58.6 Å². The average molecular weight is 305 g/mol. The van der Waals surface area contributed by atoms with Gasteiger partial charge in [0.2, 0.25) is 12.5 Å². The molecule has 122 valence electrons. The standard InChI is InChI=1S/C18H27NO3/c1-5-18(4)10-14(19-9-8-12(2)3)13-6-7-15-17(16(13)22-18)21-11-20-15/h6-7,12,14,19H,5,8-11H2,1-4H3. The molecule has 0 bridgehead atoms. The molecular formula is C18H27NO3. The molecule has 22 heavy (non-hydrogen) atoms. The van der Waals surface area contributed by atoms with Gasteiger partial charge in [0.15, 0.2) is 11.5 Å². The Hall–Kier alpha value is -1.42. The molecule has 1 aromatic carbocycles. The largest absolute Gasteiger partial charge is 0.483 e. The molecule has 2 aliphatic heterocycles. The summed E-state index contributed by atoms with van der Waals surface area (Å²) in [5.74, 6) is 3.14. The summed E-state index contributed by atoms with van der Waals surface area (Å²) < 4.78 is 17.5. The predicted molar refractivity (Wildman–Crippen MR) is 86.7 cm³/mol. The Kier molecular flexibility index (Phi) is 4.22. The molecule has 0 amide bonds. The molecule has 0 aliphatic carbocycles. The summed E-state index contributed by atoms with van der Waals surface area (Å²) >= 11 is 0. The van der Waals surface area contributed by atoms with Gasteiger partial charge in [0.1, 0.15) is 5.60 Å². The molecule has 0 fully saturated rings. The molecule has 4 nitrogen and oxygen atoms in total. The van der Waals surface area contributed by atoms with E-state index in [1.54, 1.807) is 0 Å². The lowest BCUT2D eigenvalue weighted by molar-refractivity contribution is 0.0401. The zero-order valence-electron chi connectivity index (χ0n) is 14.1. The fourth-order valence-electron chi connectivity index (χ4n) is 3.12. The van der Waals surface area contributed by atoms with Gasteiger partial charge in [-0.25, -0.2) is 0 Å². The Bertz CT molecular complexity index is 543. The van der Waals surface area contributed by atoms with Gasteiger partial charge in [-0.2, -0.15) is 0 Å². The first-order valence-corrected chi connectivity index (χ1v) is 8.37. The molecule has 3 rings (SSSR count). The summed E-state index contributed by atoms with van der Waals surface area (Å²) in [4.78, 5) is 0. The van der Waals surface area contributed by atoms with Crippen LogP contribution in [0.25, 0.3) is 0 Å². The number of rotatable bonds is 5. The third kappa shape index (κ3) is 2.89. The van der Waals surface area contributed by atoms with Crippen LogP contribution in [0.4, 0.5) is 0 Å². The molecule has 2 heterocycles. The number of nitrogens with one attached hydrogen (secondary N) is 1. The van der Waals surface area contributed by atoms with Crippen molar-refractivity contribution in [1.82, 2.24) is 5.32 Å². The van der Waals surface area contributed by atoms with Crippen LogP contribution in [-0.2, 0) is 0 Å². The van der Waals surface area contributed by atoms with Crippen LogP contribution < -0.4 is 19.5 Å². The molecule has 2 aliphatic rings. The summed E-state index contributed by atoms with van der Waals surface area (Å²) in [5.41, 5.74) is 1.03. The summed E-state index contributed by atoms with van der Waals surface area (Å²) in [7, 11) is 0. The zero-order chi connectivity index (χ0) is 15.7. The van der Waals surface area contributed by atoms with Crippen LogP contribution in [0.15, 0.2) is 12.1 Å². The Morgan fingerprint density at radius 2 is 2.09 bits per heavy atom. The topological polar surface area (TPSA) is 39.7 Å². The maximum absolute atomic E-state index is 6.32. The molecule has 0 spiro atoms. The van der Waals surface area contributed by atoms with Crippen molar-refractivity contribution in [3.05, 3.63) is 17.7 Å². The van der Waals surface area contributed by atoms with Crippen LogP contribution in [-0.4, -0.2) is 18.9 Å². The van der Waals surface area contributed by atoms with Gasteiger partial charge in [0, 0.05) is 18.0 Å². The second-order valence-electron chi connectivity index (χ2n) is 7.02. The quantitative estimate of drug-likeness (QED) is 0.891. The third-order valence-electron chi connectivity index (χ3n) is 4.74. The van der Waals surface area contributed by atoms with Gasteiger partial charge in [0.05, 0.1) is 0 Å². The van der Waals surface area contributed by atoms with Crippen molar-refractivity contribution in [2.75, 3.05) is 13.3 Å². The highest BCUT2D eigenvalue weighted by molar-refractivity contribution is 5.58. The van der Waals surface area contributed by atoms with Crippen molar-refractivity contribution in [3.8, 4) is 17.2 Å². The molecule has 1 aromatic rings. The first-order valence-electron chi connectivity index (χ1n) is 8.37. The first-order chi connectivity index (χ1) is 10.5. The van der Waals surface area contributed by atoms with E-state index in [0.717, 1.165) is 36.6 Å². The van der Waals surface area contributed by atoms with Gasteiger partial charge in [-0.3, -0.25) is 0 Å². The summed E-state index contributed by atoms with van der Waals surface area (Å²) in [6.45, 7) is 10.2. The summed E-state index contributed by atoms with van der Waals surface area (Å²) in [5, 5.41) is 3.71. The van der Waals surface area contributed by atoms with Gasteiger partial charge in [-0.1, -0.05) is 20.8 Å². The van der Waals surface area contributed by atoms with Gasteiger partial charge >= 0.3 is 0 Å². The minimum atomic E-state index is -0.163. The van der Waals surface area contributed by atoms with E-state index >= 15 is 0 Å². The molecule has 0 saturated carbocycles. The van der Waals surface area contributed by atoms with E-state index in [1.165, 1.54) is 12.0 Å². The van der Waals surface area contributed by atoms with Crippen molar-refractivity contribution in [1.29, 1.82) is 0 Å². The number of benzene rings is 1. The van der Waals surface area contributed by atoms with Crippen LogP contribution in [0.3, 0.4) is 0 Å². The molecular weight excluding hydrogens is 278 g/mol. The van der Waals surface area contributed by atoms with Gasteiger partial charge < -0.3 is 19.5 Å². The monoisotopic (exact) mass is 305 g/mol. The maximum Gasteiger partial charge on any atom is 0.231 e. The van der Waals surface area contributed by atoms with E-state index in [4.69, 9.17) is 14.2 Å². The van der Waals surface area contributed by atoms with E-state index in [2.05, 4.69) is 39.1 Å². The van der Waals surface area contributed by atoms with Gasteiger partial charge in [0.25, 0.3) is 0 Å². The SMILES string of the molecule is CCC1(C)CC(NCCC(C)C)c2ccc3c(c2O1)OCO3. The zero-order valence-corrected chi connectivity index (χ0v) is 14.1. The first kappa shape index (κ1) is 15.5. The number of hydrogen-bond donors (Lipinski definition) is 1. The average Bonchev–Trinajstić information content (AvgIpc) is 2.95. The number of hydrogen-bond acceptors (Lipinski definition) is 4. The Morgan fingerprint density at radius 3 is 2.82 bits per heavy atom. The third-order valence-corrected chi connectivity index (χ3v) is 4.74. The maximum atomic E-state index is 6.32. The summed E-state index contributed by atoms with van der Waals surface area (Å²) in [6.07, 6.45) is 3.13. The molecule has 2 unspecified atom stereocenters. The molecule has 2 atom stereocenters.